The second-order valence-corrected chi connectivity index (χ2v) is 6.39. The molecule has 7 heteroatoms. The number of aliphatic carboxylic acids is 1. The number of hydrogen-bond donors (Lipinski definition) is 1. The fraction of sp³-hybridized carbons (Fsp3) is 0.375. The van der Waals surface area contributed by atoms with Gasteiger partial charge in [0.1, 0.15) is 0 Å². The molecule has 0 aliphatic carbocycles. The first-order valence-electron chi connectivity index (χ1n) is 7.23. The van der Waals surface area contributed by atoms with Gasteiger partial charge >= 0.3 is 5.97 Å². The Balaban J connectivity index is 1.89. The number of carbonyl (C=O) groups is 2. The van der Waals surface area contributed by atoms with E-state index in [1.54, 1.807) is 19.1 Å². The lowest BCUT2D eigenvalue weighted by molar-refractivity contribution is -0.137. The van der Waals surface area contributed by atoms with E-state index in [1.165, 1.54) is 11.3 Å². The summed E-state index contributed by atoms with van der Waals surface area (Å²) in [6, 6.07) is 3.79. The molecule has 2 heterocycles. The van der Waals surface area contributed by atoms with Crippen LogP contribution in [0.2, 0.25) is 0 Å². The molecule has 1 aliphatic heterocycles. The fourth-order valence-electron chi connectivity index (χ4n) is 2.81. The lowest BCUT2D eigenvalue weighted by atomic mass is 10.1. The minimum atomic E-state index is -0.839. The number of hydrogen-bond acceptors (Lipinski definition) is 5. The molecule has 0 fully saturated rings. The fourth-order valence-corrected chi connectivity index (χ4v) is 4.00. The van der Waals surface area contributed by atoms with Gasteiger partial charge in [-0.15, -0.1) is 11.3 Å². The van der Waals surface area contributed by atoms with Crippen LogP contribution in [0.5, 0.6) is 11.5 Å². The molecule has 0 radical (unpaired) electrons. The highest BCUT2D eigenvalue weighted by molar-refractivity contribution is 7.21. The molecule has 3 rings (SSSR count). The summed E-state index contributed by atoms with van der Waals surface area (Å²) >= 11 is 1.44. The maximum atomic E-state index is 12.5. The lowest BCUT2D eigenvalue weighted by Gasteiger charge is -2.15. The van der Waals surface area contributed by atoms with Crippen LogP contribution in [0, 0.1) is 0 Å². The molecule has 122 valence electrons. The zero-order valence-corrected chi connectivity index (χ0v) is 13.7. The monoisotopic (exact) mass is 335 g/mol. The number of amides is 1. The maximum Gasteiger partial charge on any atom is 0.303 e. The Kier molecular flexibility index (Phi) is 4.12. The van der Waals surface area contributed by atoms with E-state index in [-0.39, 0.29) is 12.3 Å². The molecule has 23 heavy (non-hydrogen) atoms. The normalized spacial score (nSPS) is 13.5. The van der Waals surface area contributed by atoms with E-state index in [1.807, 2.05) is 12.1 Å². The molecular formula is C16H17NO5S. The molecule has 1 aromatic heterocycles. The predicted molar refractivity (Wildman–Crippen MR) is 86.5 cm³/mol. The molecule has 0 spiro atoms. The van der Waals surface area contributed by atoms with Crippen LogP contribution in [-0.4, -0.2) is 42.6 Å². The van der Waals surface area contributed by atoms with Crippen molar-refractivity contribution in [1.29, 1.82) is 0 Å². The summed E-state index contributed by atoms with van der Waals surface area (Å²) in [5, 5.41) is 9.71. The second-order valence-electron chi connectivity index (χ2n) is 5.34. The molecule has 0 saturated carbocycles. The Morgan fingerprint density at radius 3 is 2.65 bits per heavy atom. The Morgan fingerprint density at radius 2 is 2.00 bits per heavy atom. The number of fused-ring (bicyclic) bond motifs is 3. The van der Waals surface area contributed by atoms with Crippen molar-refractivity contribution in [1.82, 2.24) is 4.90 Å². The van der Waals surface area contributed by atoms with E-state index in [9.17, 15) is 9.59 Å². The lowest BCUT2D eigenvalue weighted by Crippen LogP contribution is -2.25. The molecule has 2 aromatic rings. The van der Waals surface area contributed by atoms with E-state index in [2.05, 4.69) is 0 Å². The summed E-state index contributed by atoms with van der Waals surface area (Å²) in [4.78, 5) is 25.5. The highest BCUT2D eigenvalue weighted by Gasteiger charge is 2.31. The molecule has 0 bridgehead atoms. The minimum absolute atomic E-state index is 0.0236. The Labute approximate surface area is 137 Å². The number of ether oxygens (including phenoxy) is 2. The van der Waals surface area contributed by atoms with Crippen molar-refractivity contribution in [3.8, 4) is 11.5 Å². The summed E-state index contributed by atoms with van der Waals surface area (Å²) in [5.41, 5.74) is 0.992. The van der Waals surface area contributed by atoms with E-state index in [0.29, 0.717) is 31.0 Å². The van der Waals surface area contributed by atoms with Crippen molar-refractivity contribution in [2.75, 3.05) is 20.8 Å². The molecule has 1 aromatic carbocycles. The summed E-state index contributed by atoms with van der Waals surface area (Å²) in [6.45, 7) is 0.977. The molecule has 0 unspecified atom stereocenters. The SMILES string of the molecule is COc1cc2sc3c(c2cc1OC)CN(CCCC(=O)O)C3=O. The van der Waals surface area contributed by atoms with Gasteiger partial charge in [-0.05, 0) is 12.5 Å². The number of benzene rings is 1. The Morgan fingerprint density at radius 1 is 1.30 bits per heavy atom. The van der Waals surface area contributed by atoms with Crippen LogP contribution in [0.15, 0.2) is 12.1 Å². The first-order chi connectivity index (χ1) is 11.0. The Bertz CT molecular complexity index is 782. The third-order valence-corrected chi connectivity index (χ3v) is 5.13. The summed E-state index contributed by atoms with van der Waals surface area (Å²) in [5.74, 6) is 0.418. The van der Waals surface area contributed by atoms with Crippen molar-refractivity contribution < 1.29 is 24.2 Å². The largest absolute Gasteiger partial charge is 0.493 e. The third-order valence-electron chi connectivity index (χ3n) is 3.95. The number of rotatable bonds is 6. The van der Waals surface area contributed by atoms with Gasteiger partial charge in [-0.3, -0.25) is 9.59 Å². The highest BCUT2D eigenvalue weighted by Crippen LogP contribution is 2.42. The van der Waals surface area contributed by atoms with Gasteiger partial charge in [0, 0.05) is 41.2 Å². The molecular weight excluding hydrogens is 318 g/mol. The molecule has 0 atom stereocenters. The number of carboxylic acids is 1. The number of methoxy groups -OCH3 is 2. The van der Waals surface area contributed by atoms with Crippen LogP contribution in [-0.2, 0) is 11.3 Å². The smallest absolute Gasteiger partial charge is 0.303 e. The average molecular weight is 335 g/mol. The van der Waals surface area contributed by atoms with Crippen LogP contribution in [0.1, 0.15) is 28.1 Å². The summed E-state index contributed by atoms with van der Waals surface area (Å²) < 4.78 is 11.6. The van der Waals surface area contributed by atoms with Gasteiger partial charge in [0.05, 0.1) is 19.1 Å². The maximum absolute atomic E-state index is 12.5. The second kappa shape index (κ2) is 6.08. The van der Waals surface area contributed by atoms with E-state index >= 15 is 0 Å². The molecule has 0 saturated heterocycles. The van der Waals surface area contributed by atoms with Crippen LogP contribution in [0.25, 0.3) is 10.1 Å². The summed E-state index contributed by atoms with van der Waals surface area (Å²) in [7, 11) is 3.17. The zero-order valence-electron chi connectivity index (χ0n) is 12.9. The van der Waals surface area contributed by atoms with Gasteiger partial charge < -0.3 is 19.5 Å². The molecule has 1 aliphatic rings. The van der Waals surface area contributed by atoms with E-state index < -0.39 is 5.97 Å². The third kappa shape index (κ3) is 2.72. The van der Waals surface area contributed by atoms with Crippen molar-refractivity contribution in [2.24, 2.45) is 0 Å². The van der Waals surface area contributed by atoms with Gasteiger partial charge in [-0.25, -0.2) is 0 Å². The summed E-state index contributed by atoms with van der Waals surface area (Å²) in [6.07, 6.45) is 0.536. The van der Waals surface area contributed by atoms with Crippen molar-refractivity contribution in [2.45, 2.75) is 19.4 Å². The first-order valence-corrected chi connectivity index (χ1v) is 8.05. The van der Waals surface area contributed by atoms with Gasteiger partial charge in [-0.2, -0.15) is 0 Å². The quantitative estimate of drug-likeness (QED) is 0.878. The molecule has 6 nitrogen and oxygen atoms in total. The average Bonchev–Trinajstić information content (AvgIpc) is 3.02. The number of carboxylic acid groups (broad SMARTS) is 1. The minimum Gasteiger partial charge on any atom is -0.493 e. The van der Waals surface area contributed by atoms with E-state index in [4.69, 9.17) is 14.6 Å². The number of carbonyl (C=O) groups excluding carboxylic acids is 1. The van der Waals surface area contributed by atoms with Gasteiger partial charge in [0.2, 0.25) is 0 Å². The van der Waals surface area contributed by atoms with Crippen LogP contribution in [0.3, 0.4) is 0 Å². The topological polar surface area (TPSA) is 76.1 Å². The standard InChI is InChI=1S/C16H17NO5S/c1-21-11-6-9-10-8-17(5-3-4-14(18)19)16(20)15(10)23-13(9)7-12(11)22-2/h6-7H,3-5,8H2,1-2H3,(H,18,19). The number of thiophene rings is 1. The van der Waals surface area contributed by atoms with Crippen LogP contribution >= 0.6 is 11.3 Å². The first kappa shape index (κ1) is 15.6. The van der Waals surface area contributed by atoms with Crippen LogP contribution < -0.4 is 9.47 Å². The van der Waals surface area contributed by atoms with E-state index in [0.717, 1.165) is 20.5 Å². The zero-order chi connectivity index (χ0) is 16.6. The van der Waals surface area contributed by atoms with Gasteiger partial charge in [0.25, 0.3) is 5.91 Å². The van der Waals surface area contributed by atoms with Gasteiger partial charge in [-0.1, -0.05) is 0 Å². The molecule has 1 N–H and O–H groups in total. The van der Waals surface area contributed by atoms with Crippen molar-refractivity contribution >= 4 is 33.3 Å². The van der Waals surface area contributed by atoms with Crippen molar-refractivity contribution in [3.05, 3.63) is 22.6 Å². The van der Waals surface area contributed by atoms with Gasteiger partial charge in [0.15, 0.2) is 11.5 Å². The van der Waals surface area contributed by atoms with Crippen LogP contribution in [0.4, 0.5) is 0 Å². The highest BCUT2D eigenvalue weighted by atomic mass is 32.1. The van der Waals surface area contributed by atoms with Crippen molar-refractivity contribution in [3.63, 3.8) is 0 Å². The number of nitrogens with zero attached hydrogens (tertiary/aromatic N) is 1. The Hall–Kier alpha value is -2.28. The predicted octanol–water partition coefficient (Wildman–Crippen LogP) is 2.74. The molecule has 1 amide bonds.